The van der Waals surface area contributed by atoms with Crippen molar-refractivity contribution in [2.24, 2.45) is 0 Å². The summed E-state index contributed by atoms with van der Waals surface area (Å²) in [5, 5.41) is 9.04. The van der Waals surface area contributed by atoms with Crippen LogP contribution in [0.25, 0.3) is 0 Å². The Kier molecular flexibility index (Phi) is 2.45. The maximum Gasteiger partial charge on any atom is 0.234 e. The number of rotatable bonds is 3. The van der Waals surface area contributed by atoms with E-state index in [1.165, 1.54) is 6.26 Å². The lowest BCUT2D eigenvalue weighted by atomic mass is 10.3. The number of nitrogens with zero attached hydrogens (tertiary/aromatic N) is 1. The summed E-state index contributed by atoms with van der Waals surface area (Å²) >= 11 is 0. The van der Waals surface area contributed by atoms with Crippen LogP contribution in [0.2, 0.25) is 0 Å². The number of anilines is 1. The van der Waals surface area contributed by atoms with E-state index in [9.17, 15) is 0 Å². The number of aromatic hydroxyl groups is 1. The predicted octanol–water partition coefficient (Wildman–Crippen LogP) is 1.54. The highest BCUT2D eigenvalue weighted by Gasteiger charge is 2.01. The molecule has 0 aliphatic heterocycles. The van der Waals surface area contributed by atoms with Crippen molar-refractivity contribution in [1.29, 1.82) is 0 Å². The van der Waals surface area contributed by atoms with Gasteiger partial charge in [-0.3, -0.25) is 0 Å². The van der Waals surface area contributed by atoms with Crippen LogP contribution in [-0.2, 0) is 6.61 Å². The number of hydrogen-bond acceptors (Lipinski definition) is 5. The molecule has 0 saturated carbocycles. The molecule has 0 aliphatic carbocycles. The van der Waals surface area contributed by atoms with Gasteiger partial charge >= 0.3 is 0 Å². The van der Waals surface area contributed by atoms with Crippen LogP contribution in [-0.4, -0.2) is 10.1 Å². The number of benzene rings is 1. The Morgan fingerprint density at radius 1 is 1.33 bits per heavy atom. The molecular formula is C10H10N2O3. The van der Waals surface area contributed by atoms with E-state index >= 15 is 0 Å². The van der Waals surface area contributed by atoms with Crippen molar-refractivity contribution in [3.63, 3.8) is 0 Å². The van der Waals surface area contributed by atoms with E-state index in [4.69, 9.17) is 20.0 Å². The first kappa shape index (κ1) is 9.39. The Hall–Kier alpha value is -2.17. The van der Waals surface area contributed by atoms with Gasteiger partial charge in [0, 0.05) is 0 Å². The molecule has 0 spiro atoms. The zero-order valence-electron chi connectivity index (χ0n) is 7.88. The average molecular weight is 206 g/mol. The number of nitrogens with two attached hydrogens (primary N) is 1. The average Bonchev–Trinajstić information content (AvgIpc) is 2.64. The quantitative estimate of drug-likeness (QED) is 0.796. The van der Waals surface area contributed by atoms with Crippen molar-refractivity contribution in [1.82, 2.24) is 4.98 Å². The lowest BCUT2D eigenvalue weighted by Gasteiger charge is -2.02. The van der Waals surface area contributed by atoms with E-state index in [0.717, 1.165) is 0 Å². The Bertz CT molecular complexity index is 436. The van der Waals surface area contributed by atoms with Crippen LogP contribution in [0.3, 0.4) is 0 Å². The highest BCUT2D eigenvalue weighted by atomic mass is 16.5. The molecule has 15 heavy (non-hydrogen) atoms. The Morgan fingerprint density at radius 2 is 2.07 bits per heavy atom. The van der Waals surface area contributed by atoms with Gasteiger partial charge in [0.05, 0.1) is 0 Å². The van der Waals surface area contributed by atoms with Gasteiger partial charge < -0.3 is 20.0 Å². The number of oxazole rings is 1. The summed E-state index contributed by atoms with van der Waals surface area (Å²) < 4.78 is 10.3. The Morgan fingerprint density at radius 3 is 2.67 bits per heavy atom. The van der Waals surface area contributed by atoms with Gasteiger partial charge in [0.2, 0.25) is 5.89 Å². The van der Waals surface area contributed by atoms with Crippen molar-refractivity contribution in [3.05, 3.63) is 36.4 Å². The third kappa shape index (κ3) is 2.40. The maximum atomic E-state index is 9.04. The summed E-state index contributed by atoms with van der Waals surface area (Å²) in [4.78, 5) is 3.88. The van der Waals surface area contributed by atoms with Gasteiger partial charge in [-0.25, -0.2) is 0 Å². The molecule has 1 aromatic carbocycles. The molecule has 0 radical (unpaired) electrons. The molecule has 0 saturated heterocycles. The van der Waals surface area contributed by atoms with Gasteiger partial charge in [-0.1, -0.05) is 0 Å². The summed E-state index contributed by atoms with van der Waals surface area (Å²) in [5.74, 6) is 1.58. The lowest BCUT2D eigenvalue weighted by Crippen LogP contribution is -1.95. The third-order valence-corrected chi connectivity index (χ3v) is 1.77. The molecule has 0 aliphatic rings. The zero-order valence-corrected chi connectivity index (χ0v) is 7.88. The fraction of sp³-hybridized carbons (Fsp3) is 0.100. The van der Waals surface area contributed by atoms with Gasteiger partial charge in [0.15, 0.2) is 12.4 Å². The van der Waals surface area contributed by atoms with Gasteiger partial charge in [0.25, 0.3) is 0 Å². The topological polar surface area (TPSA) is 81.5 Å². The highest BCUT2D eigenvalue weighted by Crippen LogP contribution is 2.17. The molecule has 5 nitrogen and oxygen atoms in total. The monoisotopic (exact) mass is 206 g/mol. The molecule has 1 heterocycles. The second-order valence-corrected chi connectivity index (χ2v) is 2.95. The standard InChI is InChI=1S/C10H10N2O3/c11-9-5-15-10(12-9)6-14-8-3-1-7(13)2-4-8/h1-5,13H,6,11H2. The predicted molar refractivity (Wildman–Crippen MR) is 53.4 cm³/mol. The third-order valence-electron chi connectivity index (χ3n) is 1.77. The fourth-order valence-corrected chi connectivity index (χ4v) is 1.08. The van der Waals surface area contributed by atoms with Crippen molar-refractivity contribution in [2.75, 3.05) is 5.73 Å². The number of hydrogen-bond donors (Lipinski definition) is 2. The van der Waals surface area contributed by atoms with Crippen LogP contribution in [0.4, 0.5) is 5.82 Å². The molecule has 0 atom stereocenters. The summed E-state index contributed by atoms with van der Waals surface area (Å²) in [5.41, 5.74) is 5.37. The van der Waals surface area contributed by atoms with Gasteiger partial charge in [-0.05, 0) is 24.3 Å². The van der Waals surface area contributed by atoms with E-state index in [2.05, 4.69) is 4.98 Å². The fourth-order valence-electron chi connectivity index (χ4n) is 1.08. The van der Waals surface area contributed by atoms with Gasteiger partial charge in [-0.15, -0.1) is 0 Å². The highest BCUT2D eigenvalue weighted by molar-refractivity contribution is 5.30. The van der Waals surface area contributed by atoms with E-state index in [1.54, 1.807) is 24.3 Å². The minimum atomic E-state index is 0.197. The van der Waals surface area contributed by atoms with Crippen LogP contribution in [0.1, 0.15) is 5.89 Å². The molecule has 1 aromatic heterocycles. The normalized spacial score (nSPS) is 10.1. The molecule has 0 fully saturated rings. The number of phenols is 1. The molecular weight excluding hydrogens is 196 g/mol. The molecule has 3 N–H and O–H groups in total. The second-order valence-electron chi connectivity index (χ2n) is 2.95. The SMILES string of the molecule is Nc1coc(COc2ccc(O)cc2)n1. The molecule has 0 bridgehead atoms. The minimum Gasteiger partial charge on any atom is -0.508 e. The van der Waals surface area contributed by atoms with Crippen molar-refractivity contribution in [3.8, 4) is 11.5 Å². The van der Waals surface area contributed by atoms with E-state index in [0.29, 0.717) is 17.5 Å². The molecule has 5 heteroatoms. The van der Waals surface area contributed by atoms with Crippen LogP contribution in [0, 0.1) is 0 Å². The van der Waals surface area contributed by atoms with Crippen molar-refractivity contribution >= 4 is 5.82 Å². The van der Waals surface area contributed by atoms with Gasteiger partial charge in [0.1, 0.15) is 17.8 Å². The summed E-state index contributed by atoms with van der Waals surface area (Å²) in [6.07, 6.45) is 1.36. The number of aromatic nitrogens is 1. The number of phenolic OH excluding ortho intramolecular Hbond substituents is 1. The minimum absolute atomic E-state index is 0.197. The maximum absolute atomic E-state index is 9.04. The molecule has 2 aromatic rings. The zero-order chi connectivity index (χ0) is 10.7. The van der Waals surface area contributed by atoms with Crippen molar-refractivity contribution < 1.29 is 14.3 Å². The molecule has 2 rings (SSSR count). The van der Waals surface area contributed by atoms with E-state index < -0.39 is 0 Å². The molecule has 0 unspecified atom stereocenters. The Labute approximate surface area is 86.1 Å². The number of ether oxygens (including phenoxy) is 1. The Balaban J connectivity index is 1.96. The van der Waals surface area contributed by atoms with Crippen LogP contribution in [0.15, 0.2) is 34.9 Å². The number of nitrogen functional groups attached to an aromatic ring is 1. The van der Waals surface area contributed by atoms with Crippen LogP contribution in [0.5, 0.6) is 11.5 Å². The van der Waals surface area contributed by atoms with Crippen molar-refractivity contribution in [2.45, 2.75) is 6.61 Å². The summed E-state index contributed by atoms with van der Waals surface area (Å²) in [7, 11) is 0. The van der Waals surface area contributed by atoms with Crippen LogP contribution < -0.4 is 10.5 Å². The van der Waals surface area contributed by atoms with Gasteiger partial charge in [-0.2, -0.15) is 4.98 Å². The molecule has 78 valence electrons. The van der Waals surface area contributed by atoms with E-state index in [1.807, 2.05) is 0 Å². The second kappa shape index (κ2) is 3.91. The first-order valence-corrected chi connectivity index (χ1v) is 4.36. The largest absolute Gasteiger partial charge is 0.508 e. The lowest BCUT2D eigenvalue weighted by molar-refractivity contribution is 0.262. The first-order valence-electron chi connectivity index (χ1n) is 4.36. The smallest absolute Gasteiger partial charge is 0.234 e. The van der Waals surface area contributed by atoms with Crippen LogP contribution >= 0.6 is 0 Å². The first-order chi connectivity index (χ1) is 7.24. The summed E-state index contributed by atoms with van der Waals surface area (Å²) in [6.45, 7) is 0.210. The summed E-state index contributed by atoms with van der Waals surface area (Å²) in [6, 6.07) is 6.39. The van der Waals surface area contributed by atoms with E-state index in [-0.39, 0.29) is 12.4 Å². The molecule has 0 amide bonds.